The van der Waals surface area contributed by atoms with Crippen LogP contribution in [0, 0.1) is 0 Å². The zero-order valence-corrected chi connectivity index (χ0v) is 11.2. The van der Waals surface area contributed by atoms with Crippen molar-refractivity contribution in [3.8, 4) is 11.5 Å². The van der Waals surface area contributed by atoms with E-state index in [9.17, 15) is 4.79 Å². The number of carbonyl (C=O) groups excluding carboxylic acids is 1. The highest BCUT2D eigenvalue weighted by Gasteiger charge is 2.23. The van der Waals surface area contributed by atoms with Crippen LogP contribution in [-0.4, -0.2) is 19.5 Å². The van der Waals surface area contributed by atoms with Gasteiger partial charge in [0.2, 0.25) is 0 Å². The summed E-state index contributed by atoms with van der Waals surface area (Å²) in [4.78, 5) is 12.7. The van der Waals surface area contributed by atoms with Crippen molar-refractivity contribution in [1.82, 2.24) is 0 Å². The summed E-state index contributed by atoms with van der Waals surface area (Å²) in [6.07, 6.45) is 0.837. The number of ketones is 1. The van der Waals surface area contributed by atoms with Crippen molar-refractivity contribution < 1.29 is 14.3 Å². The van der Waals surface area contributed by atoms with E-state index >= 15 is 0 Å². The summed E-state index contributed by atoms with van der Waals surface area (Å²) >= 11 is 0. The molecule has 0 unspecified atom stereocenters. The van der Waals surface area contributed by atoms with Gasteiger partial charge in [-0.3, -0.25) is 4.79 Å². The number of methoxy groups -OCH3 is 1. The van der Waals surface area contributed by atoms with Crippen LogP contribution in [0.2, 0.25) is 0 Å². The molecular formula is C16H15NO3. The van der Waals surface area contributed by atoms with Crippen LogP contribution in [-0.2, 0) is 6.42 Å². The molecule has 2 aromatic carbocycles. The molecule has 0 amide bonds. The highest BCUT2D eigenvalue weighted by atomic mass is 16.5. The molecule has 0 radical (unpaired) electrons. The molecule has 4 heteroatoms. The molecule has 1 aliphatic heterocycles. The minimum absolute atomic E-state index is 0.139. The molecule has 4 nitrogen and oxygen atoms in total. The number of ether oxygens (including phenoxy) is 2. The molecule has 0 bridgehead atoms. The Balaban J connectivity index is 2.08. The number of nitrogen functional groups attached to an aromatic ring is 1. The van der Waals surface area contributed by atoms with Crippen molar-refractivity contribution in [2.45, 2.75) is 6.42 Å². The van der Waals surface area contributed by atoms with E-state index in [4.69, 9.17) is 15.2 Å². The molecule has 102 valence electrons. The summed E-state index contributed by atoms with van der Waals surface area (Å²) < 4.78 is 10.7. The van der Waals surface area contributed by atoms with E-state index in [2.05, 4.69) is 0 Å². The van der Waals surface area contributed by atoms with Crippen LogP contribution in [0.15, 0.2) is 36.4 Å². The van der Waals surface area contributed by atoms with Gasteiger partial charge < -0.3 is 15.2 Å². The van der Waals surface area contributed by atoms with Crippen LogP contribution < -0.4 is 15.2 Å². The lowest BCUT2D eigenvalue weighted by atomic mass is 9.98. The van der Waals surface area contributed by atoms with Crippen LogP contribution >= 0.6 is 0 Å². The third-order valence-electron chi connectivity index (χ3n) is 3.49. The molecule has 2 aromatic rings. The van der Waals surface area contributed by atoms with Gasteiger partial charge in [0.05, 0.1) is 25.0 Å². The number of rotatable bonds is 3. The molecule has 0 saturated carbocycles. The quantitative estimate of drug-likeness (QED) is 0.686. The standard InChI is InChI=1S/C16H15NO3/c1-19-13-7-3-5-11(14(13)17)15(18)12-6-2-4-10-8-9-20-16(10)12/h2-7H,8-9,17H2,1H3. The van der Waals surface area contributed by atoms with E-state index in [1.54, 1.807) is 24.3 Å². The summed E-state index contributed by atoms with van der Waals surface area (Å²) in [6, 6.07) is 10.8. The van der Waals surface area contributed by atoms with Crippen LogP contribution in [0.1, 0.15) is 21.5 Å². The number of nitrogens with two attached hydrogens (primary N) is 1. The molecule has 0 fully saturated rings. The van der Waals surface area contributed by atoms with Gasteiger partial charge in [-0.05, 0) is 23.8 Å². The first-order chi connectivity index (χ1) is 9.72. The number of hydrogen-bond acceptors (Lipinski definition) is 4. The zero-order chi connectivity index (χ0) is 14.1. The molecule has 3 rings (SSSR count). The van der Waals surface area contributed by atoms with E-state index in [1.165, 1.54) is 7.11 Å². The van der Waals surface area contributed by atoms with E-state index in [0.717, 1.165) is 12.0 Å². The lowest BCUT2D eigenvalue weighted by molar-refractivity contribution is 0.103. The van der Waals surface area contributed by atoms with Crippen molar-refractivity contribution in [2.24, 2.45) is 0 Å². The minimum atomic E-state index is -0.139. The Labute approximate surface area is 117 Å². The molecule has 1 heterocycles. The van der Waals surface area contributed by atoms with Gasteiger partial charge in [-0.2, -0.15) is 0 Å². The fraction of sp³-hybridized carbons (Fsp3) is 0.188. The van der Waals surface area contributed by atoms with E-state index in [1.807, 2.05) is 12.1 Å². The molecule has 0 atom stereocenters. The normalized spacial score (nSPS) is 12.7. The Morgan fingerprint density at radius 2 is 1.95 bits per heavy atom. The Bertz CT molecular complexity index is 679. The first-order valence-electron chi connectivity index (χ1n) is 6.44. The lowest BCUT2D eigenvalue weighted by Crippen LogP contribution is -2.08. The summed E-state index contributed by atoms with van der Waals surface area (Å²) in [5.74, 6) is 1.05. The maximum absolute atomic E-state index is 12.7. The van der Waals surface area contributed by atoms with Gasteiger partial charge in [0.15, 0.2) is 5.78 Å². The number of benzene rings is 2. The molecule has 20 heavy (non-hydrogen) atoms. The highest BCUT2D eigenvalue weighted by Crippen LogP contribution is 2.33. The fourth-order valence-electron chi connectivity index (χ4n) is 2.46. The molecule has 0 aliphatic carbocycles. The van der Waals surface area contributed by atoms with Crippen LogP contribution in [0.3, 0.4) is 0 Å². The Kier molecular flexibility index (Phi) is 3.06. The second-order valence-corrected chi connectivity index (χ2v) is 4.64. The van der Waals surface area contributed by atoms with E-state index in [-0.39, 0.29) is 5.78 Å². The Morgan fingerprint density at radius 3 is 2.75 bits per heavy atom. The van der Waals surface area contributed by atoms with Crippen molar-refractivity contribution in [3.63, 3.8) is 0 Å². The van der Waals surface area contributed by atoms with Crippen LogP contribution in [0.4, 0.5) is 5.69 Å². The maximum atomic E-state index is 12.7. The maximum Gasteiger partial charge on any atom is 0.198 e. The van der Waals surface area contributed by atoms with Crippen LogP contribution in [0.25, 0.3) is 0 Å². The predicted molar refractivity (Wildman–Crippen MR) is 76.5 cm³/mol. The van der Waals surface area contributed by atoms with E-state index < -0.39 is 0 Å². The zero-order valence-electron chi connectivity index (χ0n) is 11.2. The van der Waals surface area contributed by atoms with Gasteiger partial charge >= 0.3 is 0 Å². The van der Waals surface area contributed by atoms with Crippen molar-refractivity contribution in [2.75, 3.05) is 19.5 Å². The van der Waals surface area contributed by atoms with E-state index in [0.29, 0.717) is 34.9 Å². The molecule has 2 N–H and O–H groups in total. The second-order valence-electron chi connectivity index (χ2n) is 4.64. The molecule has 0 spiro atoms. The lowest BCUT2D eigenvalue weighted by Gasteiger charge is -2.11. The summed E-state index contributed by atoms with van der Waals surface area (Å²) in [5.41, 5.74) is 8.41. The average molecular weight is 269 g/mol. The fourth-order valence-corrected chi connectivity index (χ4v) is 2.46. The second kappa shape index (κ2) is 4.89. The minimum Gasteiger partial charge on any atom is -0.495 e. The number of anilines is 1. The smallest absolute Gasteiger partial charge is 0.198 e. The van der Waals surface area contributed by atoms with Gasteiger partial charge in [-0.1, -0.05) is 18.2 Å². The molecule has 0 saturated heterocycles. The number of para-hydroxylation sites is 2. The van der Waals surface area contributed by atoms with Crippen LogP contribution in [0.5, 0.6) is 11.5 Å². The third-order valence-corrected chi connectivity index (χ3v) is 3.49. The summed E-state index contributed by atoms with van der Waals surface area (Å²) in [7, 11) is 1.53. The van der Waals surface area contributed by atoms with Gasteiger partial charge in [-0.25, -0.2) is 0 Å². The highest BCUT2D eigenvalue weighted by molar-refractivity contribution is 6.14. The monoisotopic (exact) mass is 269 g/mol. The van der Waals surface area contributed by atoms with Gasteiger partial charge in [0, 0.05) is 12.0 Å². The Hall–Kier alpha value is -2.49. The SMILES string of the molecule is COc1cccc(C(=O)c2cccc3c2OCC3)c1N. The molecule has 1 aliphatic rings. The first kappa shape index (κ1) is 12.5. The van der Waals surface area contributed by atoms with Gasteiger partial charge in [0.1, 0.15) is 11.5 Å². The number of hydrogen-bond donors (Lipinski definition) is 1. The average Bonchev–Trinajstić information content (AvgIpc) is 2.95. The predicted octanol–water partition coefficient (Wildman–Crippen LogP) is 2.44. The first-order valence-corrected chi connectivity index (χ1v) is 6.44. The van der Waals surface area contributed by atoms with Crippen molar-refractivity contribution in [3.05, 3.63) is 53.1 Å². The molecule has 0 aromatic heterocycles. The van der Waals surface area contributed by atoms with Crippen molar-refractivity contribution in [1.29, 1.82) is 0 Å². The number of fused-ring (bicyclic) bond motifs is 1. The number of carbonyl (C=O) groups is 1. The summed E-state index contributed by atoms with van der Waals surface area (Å²) in [6.45, 7) is 0.618. The largest absolute Gasteiger partial charge is 0.495 e. The Morgan fingerprint density at radius 1 is 1.20 bits per heavy atom. The third kappa shape index (κ3) is 1.90. The van der Waals surface area contributed by atoms with Crippen molar-refractivity contribution >= 4 is 11.5 Å². The summed E-state index contributed by atoms with van der Waals surface area (Å²) in [5, 5.41) is 0. The molecular weight excluding hydrogens is 254 g/mol. The van der Waals surface area contributed by atoms with Gasteiger partial charge in [0.25, 0.3) is 0 Å². The van der Waals surface area contributed by atoms with Gasteiger partial charge in [-0.15, -0.1) is 0 Å². The topological polar surface area (TPSA) is 61.5 Å².